The first-order valence-electron chi connectivity index (χ1n) is 8.47. The Bertz CT molecular complexity index is 1010. The van der Waals surface area contributed by atoms with Crippen LogP contribution in [0.2, 0.25) is 0 Å². The number of hydrogen-bond donors (Lipinski definition) is 2. The Labute approximate surface area is 167 Å². The molecular weight excluding hydrogens is 409 g/mol. The number of urea groups is 1. The number of amides is 2. The number of aromatic nitrogens is 1. The Hall–Kier alpha value is -3.69. The zero-order chi connectivity index (χ0) is 21.7. The normalized spacial score (nSPS) is 11.3. The second-order valence-corrected chi connectivity index (χ2v) is 5.99. The van der Waals surface area contributed by atoms with Gasteiger partial charge >= 0.3 is 18.8 Å². The maximum absolute atomic E-state index is 12.7. The summed E-state index contributed by atoms with van der Waals surface area (Å²) in [7, 11) is 0. The summed E-state index contributed by atoms with van der Waals surface area (Å²) in [6.45, 7) is -2.95. The number of halogens is 5. The van der Waals surface area contributed by atoms with Crippen LogP contribution in [-0.2, 0) is 6.18 Å². The minimum Gasteiger partial charge on any atom is -0.435 e. The summed E-state index contributed by atoms with van der Waals surface area (Å²) in [5, 5.41) is 5.09. The van der Waals surface area contributed by atoms with Gasteiger partial charge in [-0.15, -0.1) is 0 Å². The molecule has 2 aromatic carbocycles. The predicted octanol–water partition coefficient (Wildman–Crippen LogP) is 6.01. The lowest BCUT2D eigenvalue weighted by atomic mass is 10.1. The number of pyridine rings is 1. The maximum Gasteiger partial charge on any atom is 0.417 e. The van der Waals surface area contributed by atoms with Crippen molar-refractivity contribution in [1.29, 1.82) is 0 Å². The molecule has 156 valence electrons. The highest BCUT2D eigenvalue weighted by atomic mass is 19.4. The Morgan fingerprint density at radius 2 is 1.63 bits per heavy atom. The van der Waals surface area contributed by atoms with E-state index in [0.29, 0.717) is 22.6 Å². The van der Waals surface area contributed by atoms with Gasteiger partial charge in [-0.3, -0.25) is 4.98 Å². The third-order valence-corrected chi connectivity index (χ3v) is 3.84. The number of nitrogens with zero attached hydrogens (tertiary/aromatic N) is 1. The average molecular weight is 423 g/mol. The lowest BCUT2D eigenvalue weighted by Crippen LogP contribution is -2.19. The van der Waals surface area contributed by atoms with E-state index in [0.717, 1.165) is 12.3 Å². The number of carbonyl (C=O) groups is 1. The molecule has 0 fully saturated rings. The van der Waals surface area contributed by atoms with Crippen LogP contribution in [0.3, 0.4) is 0 Å². The highest BCUT2D eigenvalue weighted by Gasteiger charge is 2.30. The second-order valence-electron chi connectivity index (χ2n) is 5.99. The maximum atomic E-state index is 12.7. The number of anilines is 2. The molecule has 0 unspecified atom stereocenters. The third kappa shape index (κ3) is 5.66. The fourth-order valence-corrected chi connectivity index (χ4v) is 2.50. The van der Waals surface area contributed by atoms with Crippen molar-refractivity contribution in [2.75, 3.05) is 10.6 Å². The van der Waals surface area contributed by atoms with Crippen LogP contribution in [-0.4, -0.2) is 17.6 Å². The van der Waals surface area contributed by atoms with Gasteiger partial charge in [0.05, 0.1) is 11.3 Å². The SMILES string of the molecule is O=C(Nc1ccc(OC(F)F)cc1)Nc1cccc(-c2ccc(C(F)(F)F)cn2)c1. The molecule has 0 atom stereocenters. The van der Waals surface area contributed by atoms with Gasteiger partial charge in [0.1, 0.15) is 5.75 Å². The van der Waals surface area contributed by atoms with Crippen molar-refractivity contribution in [1.82, 2.24) is 4.98 Å². The van der Waals surface area contributed by atoms with E-state index in [-0.39, 0.29) is 5.75 Å². The van der Waals surface area contributed by atoms with Gasteiger partial charge in [-0.2, -0.15) is 22.0 Å². The minimum absolute atomic E-state index is 0.0484. The molecule has 0 saturated heterocycles. The van der Waals surface area contributed by atoms with E-state index in [1.807, 2.05) is 0 Å². The summed E-state index contributed by atoms with van der Waals surface area (Å²) in [5.74, 6) is -0.0484. The van der Waals surface area contributed by atoms with Gasteiger partial charge < -0.3 is 15.4 Å². The van der Waals surface area contributed by atoms with Gasteiger partial charge in [0, 0.05) is 23.1 Å². The van der Waals surface area contributed by atoms with E-state index in [9.17, 15) is 26.7 Å². The molecule has 0 aliphatic rings. The van der Waals surface area contributed by atoms with Crippen LogP contribution in [0, 0.1) is 0 Å². The monoisotopic (exact) mass is 423 g/mol. The van der Waals surface area contributed by atoms with Crippen molar-refractivity contribution in [2.24, 2.45) is 0 Å². The molecule has 10 heteroatoms. The highest BCUT2D eigenvalue weighted by Crippen LogP contribution is 2.30. The first kappa shape index (κ1) is 21.0. The topological polar surface area (TPSA) is 63.2 Å². The van der Waals surface area contributed by atoms with Crippen LogP contribution < -0.4 is 15.4 Å². The minimum atomic E-state index is -4.48. The smallest absolute Gasteiger partial charge is 0.417 e. The molecule has 0 aliphatic heterocycles. The first-order valence-corrected chi connectivity index (χ1v) is 8.47. The van der Waals surface area contributed by atoms with Crippen molar-refractivity contribution in [3.8, 4) is 17.0 Å². The van der Waals surface area contributed by atoms with E-state index < -0.39 is 24.4 Å². The molecule has 2 N–H and O–H groups in total. The number of ether oxygens (including phenoxy) is 1. The number of benzene rings is 2. The third-order valence-electron chi connectivity index (χ3n) is 3.84. The number of nitrogens with one attached hydrogen (secondary N) is 2. The second kappa shape index (κ2) is 8.76. The lowest BCUT2D eigenvalue weighted by Gasteiger charge is -2.10. The lowest BCUT2D eigenvalue weighted by molar-refractivity contribution is -0.137. The van der Waals surface area contributed by atoms with Gasteiger partial charge in [0.25, 0.3) is 0 Å². The van der Waals surface area contributed by atoms with E-state index in [2.05, 4.69) is 20.4 Å². The van der Waals surface area contributed by atoms with Crippen LogP contribution >= 0.6 is 0 Å². The quantitative estimate of drug-likeness (QED) is 0.494. The van der Waals surface area contributed by atoms with E-state index in [1.54, 1.807) is 24.3 Å². The summed E-state index contributed by atoms with van der Waals surface area (Å²) in [5.41, 5.74) is 0.681. The molecule has 0 bridgehead atoms. The summed E-state index contributed by atoms with van der Waals surface area (Å²) >= 11 is 0. The molecule has 0 saturated carbocycles. The van der Waals surface area contributed by atoms with Crippen LogP contribution in [0.5, 0.6) is 5.75 Å². The Kier molecular flexibility index (Phi) is 6.14. The number of alkyl halides is 5. The molecule has 3 rings (SSSR count). The molecule has 1 aromatic heterocycles. The molecule has 1 heterocycles. The Morgan fingerprint density at radius 1 is 0.933 bits per heavy atom. The van der Waals surface area contributed by atoms with Crippen LogP contribution in [0.25, 0.3) is 11.3 Å². The fraction of sp³-hybridized carbons (Fsp3) is 0.100. The summed E-state index contributed by atoms with van der Waals surface area (Å²) in [6, 6.07) is 13.3. The number of rotatable bonds is 5. The van der Waals surface area contributed by atoms with Crippen LogP contribution in [0.15, 0.2) is 66.9 Å². The van der Waals surface area contributed by atoms with Gasteiger partial charge in [-0.25, -0.2) is 4.79 Å². The number of carbonyl (C=O) groups excluding carboxylic acids is 1. The molecule has 3 aromatic rings. The molecule has 0 spiro atoms. The number of hydrogen-bond acceptors (Lipinski definition) is 3. The van der Waals surface area contributed by atoms with Crippen LogP contribution in [0.1, 0.15) is 5.56 Å². The van der Waals surface area contributed by atoms with Gasteiger partial charge in [-0.05, 0) is 48.5 Å². The molecule has 5 nitrogen and oxygen atoms in total. The van der Waals surface area contributed by atoms with Gasteiger partial charge in [-0.1, -0.05) is 12.1 Å². The Balaban J connectivity index is 1.65. The molecular formula is C20H14F5N3O2. The first-order chi connectivity index (χ1) is 14.2. The molecule has 0 radical (unpaired) electrons. The fourth-order valence-electron chi connectivity index (χ4n) is 2.50. The molecule has 0 aliphatic carbocycles. The van der Waals surface area contributed by atoms with Crippen molar-refractivity contribution >= 4 is 17.4 Å². The summed E-state index contributed by atoms with van der Waals surface area (Å²) < 4.78 is 66.5. The largest absolute Gasteiger partial charge is 0.435 e. The van der Waals surface area contributed by atoms with Crippen molar-refractivity contribution in [3.05, 3.63) is 72.4 Å². The zero-order valence-electron chi connectivity index (χ0n) is 15.1. The zero-order valence-corrected chi connectivity index (χ0v) is 15.1. The Morgan fingerprint density at radius 3 is 2.23 bits per heavy atom. The van der Waals surface area contributed by atoms with E-state index in [1.165, 1.54) is 30.3 Å². The molecule has 2 amide bonds. The van der Waals surface area contributed by atoms with Gasteiger partial charge in [0.2, 0.25) is 0 Å². The van der Waals surface area contributed by atoms with Crippen LogP contribution in [0.4, 0.5) is 38.1 Å². The van der Waals surface area contributed by atoms with Crippen molar-refractivity contribution in [2.45, 2.75) is 12.8 Å². The highest BCUT2D eigenvalue weighted by molar-refractivity contribution is 6.00. The van der Waals surface area contributed by atoms with Crippen molar-refractivity contribution < 1.29 is 31.5 Å². The summed E-state index contributed by atoms with van der Waals surface area (Å²) in [6.07, 6.45) is -3.74. The average Bonchev–Trinajstić information content (AvgIpc) is 2.69. The predicted molar refractivity (Wildman–Crippen MR) is 100 cm³/mol. The summed E-state index contributed by atoms with van der Waals surface area (Å²) in [4.78, 5) is 16.0. The van der Waals surface area contributed by atoms with Crippen molar-refractivity contribution in [3.63, 3.8) is 0 Å². The standard InChI is InChI=1S/C20H14F5N3O2/c21-18(22)30-16-7-5-14(6-8-16)27-19(29)28-15-3-1-2-12(10-15)17-9-4-13(11-26-17)20(23,24)25/h1-11,18H,(H2,27,28,29). The van der Waals surface area contributed by atoms with Gasteiger partial charge in [0.15, 0.2) is 0 Å². The molecule has 30 heavy (non-hydrogen) atoms. The van der Waals surface area contributed by atoms with E-state index in [4.69, 9.17) is 0 Å². The van der Waals surface area contributed by atoms with E-state index >= 15 is 0 Å².